The van der Waals surface area contributed by atoms with Gasteiger partial charge < -0.3 is 14.4 Å². The molecule has 1 aliphatic heterocycles. The molecule has 0 amide bonds. The number of carbonyl (C=O) groups is 2. The number of rotatable bonds is 14. The van der Waals surface area contributed by atoms with Crippen LogP contribution in [0, 0.1) is 28.1 Å². The van der Waals surface area contributed by atoms with E-state index in [-0.39, 0.29) is 5.41 Å². The van der Waals surface area contributed by atoms with Crippen molar-refractivity contribution in [3.05, 3.63) is 11.3 Å². The van der Waals surface area contributed by atoms with E-state index in [0.29, 0.717) is 12.8 Å². The van der Waals surface area contributed by atoms with E-state index in [1.54, 1.807) is 0 Å². The van der Waals surface area contributed by atoms with Crippen molar-refractivity contribution >= 4 is 11.9 Å². The number of esters is 2. The molecule has 1 aliphatic carbocycles. The van der Waals surface area contributed by atoms with Gasteiger partial charge in [-0.2, -0.15) is 10.5 Å². The number of hydrogen-bond acceptors (Lipinski definition) is 7. The molecule has 0 aromatic rings. The molecule has 2 rings (SSSR count). The summed E-state index contributed by atoms with van der Waals surface area (Å²) in [5, 5.41) is 18.1. The van der Waals surface area contributed by atoms with Gasteiger partial charge in [0, 0.05) is 30.8 Å². The zero-order valence-corrected chi connectivity index (χ0v) is 22.0. The number of unbranched alkanes of at least 4 members (excludes halogenated alkanes) is 7. The summed E-state index contributed by atoms with van der Waals surface area (Å²) in [6.07, 6.45) is 12.6. The molecule has 0 unspecified atom stereocenters. The Morgan fingerprint density at radius 2 is 1.40 bits per heavy atom. The van der Waals surface area contributed by atoms with Gasteiger partial charge in [-0.05, 0) is 37.5 Å². The molecule has 1 heterocycles. The van der Waals surface area contributed by atoms with E-state index in [4.69, 9.17) is 20.0 Å². The van der Waals surface area contributed by atoms with Crippen LogP contribution in [-0.2, 0) is 19.1 Å². The smallest absolute Gasteiger partial charge is 0.323 e. The number of ether oxygens (including phenoxy) is 2. The maximum absolute atomic E-state index is 12.6. The standard InChI is InChI=1S/C28H43N3O4/c1-4-5-6-7-8-9-10-11-14-23-24(31-19-12-13-20-31)21-27(2,3)22-28(23,34-25(32)15-17-29)35-26(33)16-18-30/h4-16,19-22H2,1-3H3. The number of carbonyl (C=O) groups excluding carboxylic acids is 2. The third-order valence-electron chi connectivity index (χ3n) is 6.94. The normalized spacial score (nSPS) is 18.6. The van der Waals surface area contributed by atoms with Gasteiger partial charge in [0.25, 0.3) is 5.79 Å². The topological polar surface area (TPSA) is 103 Å². The van der Waals surface area contributed by atoms with Crippen molar-refractivity contribution in [2.75, 3.05) is 13.1 Å². The van der Waals surface area contributed by atoms with Crippen LogP contribution < -0.4 is 0 Å². The molecule has 1 fully saturated rings. The van der Waals surface area contributed by atoms with Gasteiger partial charge in [-0.15, -0.1) is 0 Å². The van der Waals surface area contributed by atoms with E-state index >= 15 is 0 Å². The van der Waals surface area contributed by atoms with E-state index in [1.807, 2.05) is 12.1 Å². The fraction of sp³-hybridized carbons (Fsp3) is 0.786. The minimum atomic E-state index is -1.57. The van der Waals surface area contributed by atoms with Crippen LogP contribution >= 0.6 is 0 Å². The van der Waals surface area contributed by atoms with Gasteiger partial charge in [-0.25, -0.2) is 0 Å². The Balaban J connectivity index is 2.35. The second-order valence-corrected chi connectivity index (χ2v) is 10.7. The molecule has 0 aromatic heterocycles. The van der Waals surface area contributed by atoms with Crippen molar-refractivity contribution in [1.29, 1.82) is 10.5 Å². The summed E-state index contributed by atoms with van der Waals surface area (Å²) < 4.78 is 11.8. The zero-order chi connectivity index (χ0) is 25.7. The monoisotopic (exact) mass is 485 g/mol. The minimum absolute atomic E-state index is 0.291. The van der Waals surface area contributed by atoms with E-state index in [9.17, 15) is 9.59 Å². The summed E-state index contributed by atoms with van der Waals surface area (Å²) in [7, 11) is 0. The van der Waals surface area contributed by atoms with Gasteiger partial charge >= 0.3 is 11.9 Å². The minimum Gasteiger partial charge on any atom is -0.417 e. The van der Waals surface area contributed by atoms with Crippen LogP contribution in [0.2, 0.25) is 0 Å². The molecule has 0 aromatic carbocycles. The molecular formula is C28H43N3O4. The van der Waals surface area contributed by atoms with E-state index in [0.717, 1.165) is 62.9 Å². The summed E-state index contributed by atoms with van der Waals surface area (Å²) in [6, 6.07) is 3.68. The molecule has 0 radical (unpaired) electrons. The molecule has 0 saturated carbocycles. The van der Waals surface area contributed by atoms with Crippen molar-refractivity contribution in [2.24, 2.45) is 5.41 Å². The first kappa shape index (κ1) is 28.7. The second kappa shape index (κ2) is 14.1. The van der Waals surface area contributed by atoms with Crippen molar-refractivity contribution in [3.8, 4) is 12.1 Å². The number of nitrogens with zero attached hydrogens (tertiary/aromatic N) is 3. The predicted octanol–water partition coefficient (Wildman–Crippen LogP) is 6.30. The Hall–Kier alpha value is -2.54. The third-order valence-corrected chi connectivity index (χ3v) is 6.94. The van der Waals surface area contributed by atoms with Crippen LogP contribution in [0.4, 0.5) is 0 Å². The molecule has 2 aliphatic rings. The van der Waals surface area contributed by atoms with Gasteiger partial charge in [0.05, 0.1) is 12.1 Å². The Labute approximate surface area is 211 Å². The predicted molar refractivity (Wildman–Crippen MR) is 133 cm³/mol. The molecular weight excluding hydrogens is 442 g/mol. The van der Waals surface area contributed by atoms with E-state index < -0.39 is 30.6 Å². The number of allylic oxidation sites excluding steroid dienone is 1. The fourth-order valence-corrected chi connectivity index (χ4v) is 5.42. The van der Waals surface area contributed by atoms with Crippen molar-refractivity contribution in [3.63, 3.8) is 0 Å². The Kier molecular flexibility index (Phi) is 11.6. The lowest BCUT2D eigenvalue weighted by atomic mass is 9.71. The van der Waals surface area contributed by atoms with Crippen LogP contribution in [0.3, 0.4) is 0 Å². The summed E-state index contributed by atoms with van der Waals surface area (Å²) in [5.74, 6) is -2.98. The first-order valence-electron chi connectivity index (χ1n) is 13.4. The molecule has 7 nitrogen and oxygen atoms in total. The highest BCUT2D eigenvalue weighted by molar-refractivity contribution is 5.75. The molecule has 0 atom stereocenters. The van der Waals surface area contributed by atoms with Gasteiger partial charge in [0.15, 0.2) is 0 Å². The number of hydrogen-bond donors (Lipinski definition) is 0. The Bertz CT molecular complexity index is 798. The molecule has 0 spiro atoms. The zero-order valence-electron chi connectivity index (χ0n) is 22.0. The third kappa shape index (κ3) is 8.88. The van der Waals surface area contributed by atoms with Gasteiger partial charge in [-0.1, -0.05) is 65.7 Å². The Morgan fingerprint density at radius 1 is 0.886 bits per heavy atom. The average molecular weight is 486 g/mol. The maximum Gasteiger partial charge on any atom is 0.323 e. The van der Waals surface area contributed by atoms with Crippen LogP contribution in [0.25, 0.3) is 0 Å². The quantitative estimate of drug-likeness (QED) is 0.162. The van der Waals surface area contributed by atoms with Gasteiger partial charge in [0.1, 0.15) is 12.8 Å². The molecule has 0 bridgehead atoms. The SMILES string of the molecule is CCCCCCCCCCC1=C(N2CCCC2)CC(C)(C)CC1(OC(=O)CC#N)OC(=O)CC#N. The molecule has 7 heteroatoms. The lowest BCUT2D eigenvalue weighted by Crippen LogP contribution is -2.50. The molecule has 0 N–H and O–H groups in total. The van der Waals surface area contributed by atoms with Gasteiger partial charge in [-0.3, -0.25) is 9.59 Å². The summed E-state index contributed by atoms with van der Waals surface area (Å²) in [5.41, 5.74) is 1.67. The molecule has 1 saturated heterocycles. The van der Waals surface area contributed by atoms with Crippen molar-refractivity contribution in [2.45, 2.75) is 123 Å². The Morgan fingerprint density at radius 3 is 1.91 bits per heavy atom. The average Bonchev–Trinajstić information content (AvgIpc) is 3.31. The number of nitriles is 2. The summed E-state index contributed by atoms with van der Waals surface area (Å²) in [6.45, 7) is 8.25. The molecule has 194 valence electrons. The lowest BCUT2D eigenvalue weighted by Gasteiger charge is -2.47. The highest BCUT2D eigenvalue weighted by Crippen LogP contribution is 2.50. The summed E-state index contributed by atoms with van der Waals surface area (Å²) in [4.78, 5) is 27.6. The first-order valence-corrected chi connectivity index (χ1v) is 13.4. The fourth-order valence-electron chi connectivity index (χ4n) is 5.42. The summed E-state index contributed by atoms with van der Waals surface area (Å²) >= 11 is 0. The molecule has 35 heavy (non-hydrogen) atoms. The maximum atomic E-state index is 12.6. The highest BCUT2D eigenvalue weighted by atomic mass is 16.7. The van der Waals surface area contributed by atoms with Crippen molar-refractivity contribution in [1.82, 2.24) is 4.90 Å². The second-order valence-electron chi connectivity index (χ2n) is 10.7. The van der Waals surface area contributed by atoms with Crippen LogP contribution in [-0.4, -0.2) is 35.7 Å². The van der Waals surface area contributed by atoms with E-state index in [1.165, 1.54) is 32.1 Å². The van der Waals surface area contributed by atoms with Crippen molar-refractivity contribution < 1.29 is 19.1 Å². The first-order chi connectivity index (χ1) is 16.8. The number of likely N-dealkylation sites (tertiary alicyclic amines) is 1. The highest BCUT2D eigenvalue weighted by Gasteiger charge is 2.52. The van der Waals surface area contributed by atoms with Crippen LogP contribution in [0.5, 0.6) is 0 Å². The van der Waals surface area contributed by atoms with Gasteiger partial charge in [0.2, 0.25) is 0 Å². The van der Waals surface area contributed by atoms with Crippen LogP contribution in [0.15, 0.2) is 11.3 Å². The largest absolute Gasteiger partial charge is 0.417 e. The van der Waals surface area contributed by atoms with Crippen LogP contribution in [0.1, 0.15) is 117 Å². The lowest BCUT2D eigenvalue weighted by molar-refractivity contribution is -0.227. The van der Waals surface area contributed by atoms with E-state index in [2.05, 4.69) is 25.7 Å².